The lowest BCUT2D eigenvalue weighted by atomic mass is 10.1. The van der Waals surface area contributed by atoms with E-state index in [0.29, 0.717) is 25.7 Å². The highest BCUT2D eigenvalue weighted by Crippen LogP contribution is 2.37. The van der Waals surface area contributed by atoms with Crippen LogP contribution in [-0.4, -0.2) is 30.7 Å². The van der Waals surface area contributed by atoms with E-state index in [1.165, 1.54) is 7.11 Å². The van der Waals surface area contributed by atoms with Crippen LogP contribution in [0.15, 0.2) is 34.8 Å². The fourth-order valence-electron chi connectivity index (χ4n) is 3.08. The van der Waals surface area contributed by atoms with Gasteiger partial charge < -0.3 is 14.8 Å². The van der Waals surface area contributed by atoms with Gasteiger partial charge in [0.15, 0.2) is 5.11 Å². The summed E-state index contributed by atoms with van der Waals surface area (Å²) in [6, 6.07) is 11.3. The Bertz CT molecular complexity index is 1280. The molecule has 2 aromatic carbocycles. The molecule has 0 aliphatic heterocycles. The van der Waals surface area contributed by atoms with Gasteiger partial charge in [0.2, 0.25) is 0 Å². The minimum absolute atomic E-state index is 0.0190. The van der Waals surface area contributed by atoms with Gasteiger partial charge in [-0.2, -0.15) is 5.26 Å². The first-order valence-corrected chi connectivity index (χ1v) is 11.4. The van der Waals surface area contributed by atoms with Gasteiger partial charge in [-0.05, 0) is 64.4 Å². The Morgan fingerprint density at radius 1 is 1.31 bits per heavy atom. The lowest BCUT2D eigenvalue weighted by Gasteiger charge is -2.14. The number of hydrogen-bond acceptors (Lipinski definition) is 7. The molecule has 0 bridgehead atoms. The summed E-state index contributed by atoms with van der Waals surface area (Å²) in [5.74, 6) is -0.623. The number of anilines is 1. The van der Waals surface area contributed by atoms with E-state index in [4.69, 9.17) is 21.7 Å². The summed E-state index contributed by atoms with van der Waals surface area (Å²) in [7, 11) is 1.48. The first-order chi connectivity index (χ1) is 15.3. The number of benzene rings is 2. The maximum absolute atomic E-state index is 13.0. The molecule has 0 atom stereocenters. The SMILES string of the molecule is CCOC(=O)c1sc(NC(=S)NC(=O)c2cc3ccccc3c(Br)c2OC)c(C#N)c1C. The van der Waals surface area contributed by atoms with E-state index in [1.54, 1.807) is 19.9 Å². The number of amides is 1. The number of hydrogen-bond donors (Lipinski definition) is 2. The second-order valence-electron chi connectivity index (χ2n) is 6.49. The number of fused-ring (bicyclic) bond motifs is 1. The summed E-state index contributed by atoms with van der Waals surface area (Å²) in [4.78, 5) is 25.4. The molecule has 0 saturated heterocycles. The topological polar surface area (TPSA) is 100 Å². The van der Waals surface area contributed by atoms with Crippen LogP contribution < -0.4 is 15.4 Å². The number of nitriles is 1. The van der Waals surface area contributed by atoms with Crippen LogP contribution in [0.1, 0.15) is 38.1 Å². The van der Waals surface area contributed by atoms with Crippen LogP contribution in [0.4, 0.5) is 5.00 Å². The number of thiocarbonyl (C=S) groups is 1. The average molecular weight is 532 g/mol. The molecule has 3 rings (SSSR count). The lowest BCUT2D eigenvalue weighted by Crippen LogP contribution is -2.34. The third-order valence-corrected chi connectivity index (χ3v) is 6.74. The van der Waals surface area contributed by atoms with E-state index < -0.39 is 11.9 Å². The molecule has 0 radical (unpaired) electrons. The molecule has 0 spiro atoms. The van der Waals surface area contributed by atoms with Gasteiger partial charge in [0.1, 0.15) is 21.7 Å². The molecule has 0 aliphatic carbocycles. The fraction of sp³-hybridized carbons (Fsp3) is 0.182. The van der Waals surface area contributed by atoms with Crippen molar-refractivity contribution in [2.75, 3.05) is 19.0 Å². The van der Waals surface area contributed by atoms with Crippen LogP contribution in [0.2, 0.25) is 0 Å². The first kappa shape index (κ1) is 23.7. The van der Waals surface area contributed by atoms with Crippen molar-refractivity contribution in [1.29, 1.82) is 5.26 Å². The van der Waals surface area contributed by atoms with E-state index in [-0.39, 0.29) is 22.8 Å². The van der Waals surface area contributed by atoms with Crippen molar-refractivity contribution in [3.63, 3.8) is 0 Å². The minimum atomic E-state index is -0.514. The van der Waals surface area contributed by atoms with Crippen molar-refractivity contribution >= 4 is 72.2 Å². The Morgan fingerprint density at radius 2 is 2.03 bits per heavy atom. The van der Waals surface area contributed by atoms with E-state index in [9.17, 15) is 14.9 Å². The van der Waals surface area contributed by atoms with E-state index in [2.05, 4.69) is 32.6 Å². The predicted octanol–water partition coefficient (Wildman–Crippen LogP) is 5.16. The van der Waals surface area contributed by atoms with Crippen molar-refractivity contribution in [3.8, 4) is 11.8 Å². The van der Waals surface area contributed by atoms with Gasteiger partial charge in [0.05, 0.1) is 29.3 Å². The van der Waals surface area contributed by atoms with Gasteiger partial charge in [-0.1, -0.05) is 24.3 Å². The maximum Gasteiger partial charge on any atom is 0.348 e. The highest BCUT2D eigenvalue weighted by atomic mass is 79.9. The molecule has 3 aromatic rings. The van der Waals surface area contributed by atoms with Gasteiger partial charge in [-0.15, -0.1) is 11.3 Å². The average Bonchev–Trinajstić information content (AvgIpc) is 3.08. The molecule has 7 nitrogen and oxygen atoms in total. The van der Waals surface area contributed by atoms with Crippen LogP contribution in [0.5, 0.6) is 5.75 Å². The van der Waals surface area contributed by atoms with Gasteiger partial charge in [0.25, 0.3) is 5.91 Å². The number of thiophene rings is 1. The molecule has 10 heteroatoms. The largest absolute Gasteiger partial charge is 0.495 e. The Hall–Kier alpha value is -3.00. The quantitative estimate of drug-likeness (QED) is 0.346. The van der Waals surface area contributed by atoms with Gasteiger partial charge >= 0.3 is 5.97 Å². The second-order valence-corrected chi connectivity index (χ2v) is 8.72. The molecule has 1 amide bonds. The summed E-state index contributed by atoms with van der Waals surface area (Å²) in [6.45, 7) is 3.58. The summed E-state index contributed by atoms with van der Waals surface area (Å²) in [6.07, 6.45) is 0. The monoisotopic (exact) mass is 531 g/mol. The Morgan fingerprint density at radius 3 is 2.69 bits per heavy atom. The van der Waals surface area contributed by atoms with E-state index in [0.717, 1.165) is 22.1 Å². The summed E-state index contributed by atoms with van der Waals surface area (Å²) >= 11 is 9.83. The van der Waals surface area contributed by atoms with Gasteiger partial charge in [-0.25, -0.2) is 4.79 Å². The van der Waals surface area contributed by atoms with Crippen molar-refractivity contribution in [3.05, 3.63) is 56.4 Å². The molecule has 2 N–H and O–H groups in total. The standard InChI is InChI=1S/C22H18BrN3O4S2/c1-4-30-21(28)18-11(2)15(10-24)20(32-18)26-22(31)25-19(27)14-9-12-7-5-6-8-13(12)16(23)17(14)29-3/h5-9H,4H2,1-3H3,(H2,25,26,27,31). The number of nitrogens with zero attached hydrogens (tertiary/aromatic N) is 1. The molecule has 1 heterocycles. The number of carbonyl (C=O) groups excluding carboxylic acids is 2. The Labute approximate surface area is 202 Å². The van der Waals surface area contributed by atoms with Crippen LogP contribution >= 0.6 is 39.5 Å². The highest BCUT2D eigenvalue weighted by molar-refractivity contribution is 9.10. The van der Waals surface area contributed by atoms with Crippen LogP contribution in [0.3, 0.4) is 0 Å². The smallest absolute Gasteiger partial charge is 0.348 e. The van der Waals surface area contributed by atoms with Crippen molar-refractivity contribution in [2.24, 2.45) is 0 Å². The lowest BCUT2D eigenvalue weighted by molar-refractivity contribution is 0.0531. The van der Waals surface area contributed by atoms with Crippen molar-refractivity contribution < 1.29 is 19.1 Å². The molecule has 0 saturated carbocycles. The number of ether oxygens (including phenoxy) is 2. The number of esters is 1. The fourth-order valence-corrected chi connectivity index (χ4v) is 5.14. The number of rotatable bonds is 5. The van der Waals surface area contributed by atoms with Gasteiger partial charge in [-0.3, -0.25) is 10.1 Å². The predicted molar refractivity (Wildman–Crippen MR) is 132 cm³/mol. The normalized spacial score (nSPS) is 10.3. The molecular formula is C22H18BrN3O4S2. The number of carbonyl (C=O) groups is 2. The minimum Gasteiger partial charge on any atom is -0.495 e. The van der Waals surface area contributed by atoms with Crippen LogP contribution in [-0.2, 0) is 4.74 Å². The van der Waals surface area contributed by atoms with E-state index in [1.807, 2.05) is 24.3 Å². The molecule has 164 valence electrons. The second kappa shape index (κ2) is 10.1. The number of nitrogens with one attached hydrogen (secondary N) is 2. The maximum atomic E-state index is 13.0. The number of halogens is 1. The zero-order chi connectivity index (χ0) is 23.4. The van der Waals surface area contributed by atoms with Crippen molar-refractivity contribution in [1.82, 2.24) is 5.32 Å². The first-order valence-electron chi connectivity index (χ1n) is 9.40. The molecule has 32 heavy (non-hydrogen) atoms. The van der Waals surface area contributed by atoms with Crippen molar-refractivity contribution in [2.45, 2.75) is 13.8 Å². The molecular weight excluding hydrogens is 514 g/mol. The molecule has 1 aromatic heterocycles. The van der Waals surface area contributed by atoms with Crippen LogP contribution in [0, 0.1) is 18.3 Å². The third kappa shape index (κ3) is 4.60. The molecule has 0 fully saturated rings. The van der Waals surface area contributed by atoms with Gasteiger partial charge in [0, 0.05) is 0 Å². The summed E-state index contributed by atoms with van der Waals surface area (Å²) < 4.78 is 11.1. The van der Waals surface area contributed by atoms with E-state index >= 15 is 0 Å². The molecule has 0 aliphatic rings. The summed E-state index contributed by atoms with van der Waals surface area (Å²) in [5, 5.41) is 17.0. The third-order valence-electron chi connectivity index (χ3n) is 4.56. The summed E-state index contributed by atoms with van der Waals surface area (Å²) in [5.41, 5.74) is 1.05. The highest BCUT2D eigenvalue weighted by Gasteiger charge is 2.23. The number of methoxy groups -OCH3 is 1. The Balaban J connectivity index is 1.86. The zero-order valence-electron chi connectivity index (χ0n) is 17.4. The molecule has 0 unspecified atom stereocenters. The Kier molecular flexibility index (Phi) is 7.45. The zero-order valence-corrected chi connectivity index (χ0v) is 20.6. The van der Waals surface area contributed by atoms with Crippen LogP contribution in [0.25, 0.3) is 10.8 Å².